The second-order valence-corrected chi connectivity index (χ2v) is 3.05. The molecule has 2 aromatic rings. The van der Waals surface area contributed by atoms with E-state index in [0.29, 0.717) is 0 Å². The first-order chi connectivity index (χ1) is 5.83. The molecule has 0 aliphatic rings. The molecule has 3 heteroatoms. The van der Waals surface area contributed by atoms with Gasteiger partial charge in [-0.2, -0.15) is 0 Å². The molecular formula is C9H9ClN2. The first kappa shape index (κ1) is 7.62. The molecule has 0 aliphatic heterocycles. The van der Waals surface area contributed by atoms with E-state index < -0.39 is 0 Å². The normalized spacial score (nSPS) is 10.8. The van der Waals surface area contributed by atoms with Crippen LogP contribution in [0.4, 0.5) is 0 Å². The van der Waals surface area contributed by atoms with E-state index in [0.717, 1.165) is 22.6 Å². The largest absolute Gasteiger partial charge is 0.331 e. The number of para-hydroxylation sites is 1. The summed E-state index contributed by atoms with van der Waals surface area (Å²) in [6.45, 7) is 3.01. The van der Waals surface area contributed by atoms with Crippen molar-refractivity contribution in [1.29, 1.82) is 0 Å². The minimum atomic E-state index is 0.722. The second-order valence-electron chi connectivity index (χ2n) is 2.64. The van der Waals surface area contributed by atoms with Gasteiger partial charge in [0.2, 0.25) is 0 Å². The molecule has 0 saturated carbocycles. The van der Waals surface area contributed by atoms with E-state index in [-0.39, 0.29) is 0 Å². The van der Waals surface area contributed by atoms with E-state index >= 15 is 0 Å². The van der Waals surface area contributed by atoms with Crippen molar-refractivity contribution in [1.82, 2.24) is 9.55 Å². The molecule has 0 amide bonds. The van der Waals surface area contributed by atoms with Crippen LogP contribution >= 0.6 is 11.6 Å². The number of hydrogen-bond acceptors (Lipinski definition) is 1. The van der Waals surface area contributed by atoms with Crippen LogP contribution in [0.1, 0.15) is 6.92 Å². The summed E-state index contributed by atoms with van der Waals surface area (Å²) in [7, 11) is 0. The zero-order chi connectivity index (χ0) is 8.55. The van der Waals surface area contributed by atoms with Crippen molar-refractivity contribution < 1.29 is 0 Å². The van der Waals surface area contributed by atoms with Gasteiger partial charge >= 0.3 is 0 Å². The lowest BCUT2D eigenvalue weighted by atomic mass is 10.3. The zero-order valence-electron chi connectivity index (χ0n) is 6.79. The van der Waals surface area contributed by atoms with Gasteiger partial charge in [-0.3, -0.25) is 0 Å². The number of fused-ring (bicyclic) bond motifs is 1. The van der Waals surface area contributed by atoms with Gasteiger partial charge in [-0.05, 0) is 19.1 Å². The molecule has 1 heterocycles. The molecule has 0 N–H and O–H groups in total. The summed E-state index contributed by atoms with van der Waals surface area (Å²) in [5.41, 5.74) is 1.99. The Bertz CT molecular complexity index is 406. The third kappa shape index (κ3) is 0.994. The third-order valence-corrected chi connectivity index (χ3v) is 2.25. The summed E-state index contributed by atoms with van der Waals surface area (Å²) in [4.78, 5) is 4.22. The first-order valence-corrected chi connectivity index (χ1v) is 4.30. The summed E-state index contributed by atoms with van der Waals surface area (Å²) in [5, 5.41) is 0.722. The fourth-order valence-electron chi connectivity index (χ4n) is 1.31. The smallest absolute Gasteiger partial charge is 0.107 e. The van der Waals surface area contributed by atoms with Crippen LogP contribution in [0.2, 0.25) is 5.02 Å². The molecule has 0 atom stereocenters. The lowest BCUT2D eigenvalue weighted by Crippen LogP contribution is -1.89. The van der Waals surface area contributed by atoms with Gasteiger partial charge in [0.25, 0.3) is 0 Å². The van der Waals surface area contributed by atoms with Crippen LogP contribution in [0.3, 0.4) is 0 Å². The molecule has 2 nitrogen and oxygen atoms in total. The molecule has 0 bridgehead atoms. The van der Waals surface area contributed by atoms with Crippen molar-refractivity contribution in [3.05, 3.63) is 29.5 Å². The highest BCUT2D eigenvalue weighted by Gasteiger charge is 2.02. The zero-order valence-corrected chi connectivity index (χ0v) is 7.54. The molecule has 0 fully saturated rings. The van der Waals surface area contributed by atoms with Gasteiger partial charge in [0.1, 0.15) is 5.52 Å². The molecule has 62 valence electrons. The number of rotatable bonds is 1. The monoisotopic (exact) mass is 180 g/mol. The minimum absolute atomic E-state index is 0.722. The molecule has 1 aromatic carbocycles. The Morgan fingerprint density at radius 2 is 2.33 bits per heavy atom. The quantitative estimate of drug-likeness (QED) is 0.660. The van der Waals surface area contributed by atoms with Gasteiger partial charge < -0.3 is 4.57 Å². The summed E-state index contributed by atoms with van der Waals surface area (Å²) in [6.07, 6.45) is 1.82. The van der Waals surface area contributed by atoms with Crippen molar-refractivity contribution in [2.45, 2.75) is 13.5 Å². The van der Waals surface area contributed by atoms with E-state index in [1.54, 1.807) is 0 Å². The lowest BCUT2D eigenvalue weighted by molar-refractivity contribution is 0.787. The maximum Gasteiger partial charge on any atom is 0.107 e. The molecule has 0 spiro atoms. The topological polar surface area (TPSA) is 17.8 Å². The molecule has 12 heavy (non-hydrogen) atoms. The molecule has 0 aliphatic carbocycles. The maximum absolute atomic E-state index is 5.95. The van der Waals surface area contributed by atoms with E-state index in [1.807, 2.05) is 24.5 Å². The van der Waals surface area contributed by atoms with Crippen molar-refractivity contribution in [2.24, 2.45) is 0 Å². The summed E-state index contributed by atoms with van der Waals surface area (Å²) < 4.78 is 2.07. The fraction of sp³-hybridized carbons (Fsp3) is 0.222. The summed E-state index contributed by atoms with van der Waals surface area (Å²) >= 11 is 5.95. The summed E-state index contributed by atoms with van der Waals surface area (Å²) in [6, 6.07) is 5.83. The van der Waals surface area contributed by atoms with Crippen molar-refractivity contribution in [2.75, 3.05) is 0 Å². The molecule has 1 aromatic heterocycles. The Hall–Kier alpha value is -1.02. The number of nitrogens with zero attached hydrogens (tertiary/aromatic N) is 2. The number of hydrogen-bond donors (Lipinski definition) is 0. The minimum Gasteiger partial charge on any atom is -0.331 e. The van der Waals surface area contributed by atoms with Gasteiger partial charge in [0, 0.05) is 6.54 Å². The maximum atomic E-state index is 5.95. The number of aryl methyl sites for hydroxylation is 1. The van der Waals surface area contributed by atoms with Gasteiger partial charge in [-0.15, -0.1) is 0 Å². The van der Waals surface area contributed by atoms with Crippen LogP contribution in [0.5, 0.6) is 0 Å². The Kier molecular flexibility index (Phi) is 1.77. The van der Waals surface area contributed by atoms with Crippen molar-refractivity contribution in [3.8, 4) is 0 Å². The molecule has 2 rings (SSSR count). The number of halogens is 1. The highest BCUT2D eigenvalue weighted by atomic mass is 35.5. The number of benzene rings is 1. The Labute approximate surface area is 75.8 Å². The average Bonchev–Trinajstić information content (AvgIpc) is 2.49. The SMILES string of the molecule is CCn1cnc2c(Cl)cccc21. The lowest BCUT2D eigenvalue weighted by Gasteiger charge is -1.97. The fourth-order valence-corrected chi connectivity index (χ4v) is 1.52. The predicted molar refractivity (Wildman–Crippen MR) is 50.4 cm³/mol. The van der Waals surface area contributed by atoms with Crippen LogP contribution in [-0.2, 0) is 6.54 Å². The highest BCUT2D eigenvalue weighted by Crippen LogP contribution is 2.21. The van der Waals surface area contributed by atoms with E-state index in [9.17, 15) is 0 Å². The molecule has 0 unspecified atom stereocenters. The number of aromatic nitrogens is 2. The average molecular weight is 181 g/mol. The van der Waals surface area contributed by atoms with Gasteiger partial charge in [0.05, 0.1) is 16.9 Å². The van der Waals surface area contributed by atoms with Gasteiger partial charge in [-0.25, -0.2) is 4.98 Å². The Morgan fingerprint density at radius 1 is 1.50 bits per heavy atom. The Balaban J connectivity index is 2.80. The molecule has 0 radical (unpaired) electrons. The van der Waals surface area contributed by atoms with E-state index in [2.05, 4.69) is 16.5 Å². The van der Waals surface area contributed by atoms with E-state index in [1.165, 1.54) is 0 Å². The molecule has 0 saturated heterocycles. The van der Waals surface area contributed by atoms with Crippen LogP contribution in [0.15, 0.2) is 24.5 Å². The predicted octanol–water partition coefficient (Wildman–Crippen LogP) is 2.71. The van der Waals surface area contributed by atoms with Crippen LogP contribution < -0.4 is 0 Å². The van der Waals surface area contributed by atoms with E-state index in [4.69, 9.17) is 11.6 Å². The summed E-state index contributed by atoms with van der Waals surface area (Å²) in [5.74, 6) is 0. The van der Waals surface area contributed by atoms with Crippen molar-refractivity contribution >= 4 is 22.6 Å². The first-order valence-electron chi connectivity index (χ1n) is 3.92. The standard InChI is InChI=1S/C9H9ClN2/c1-2-12-6-11-9-7(10)4-3-5-8(9)12/h3-6H,2H2,1H3. The molecular weight excluding hydrogens is 172 g/mol. The van der Waals surface area contributed by atoms with Crippen LogP contribution in [0, 0.1) is 0 Å². The van der Waals surface area contributed by atoms with Crippen molar-refractivity contribution in [3.63, 3.8) is 0 Å². The Morgan fingerprint density at radius 3 is 3.08 bits per heavy atom. The van der Waals surface area contributed by atoms with Gasteiger partial charge in [-0.1, -0.05) is 17.7 Å². The van der Waals surface area contributed by atoms with Crippen LogP contribution in [0.25, 0.3) is 11.0 Å². The highest BCUT2D eigenvalue weighted by molar-refractivity contribution is 6.34. The number of imidazole rings is 1. The second kappa shape index (κ2) is 2.79. The van der Waals surface area contributed by atoms with Crippen LogP contribution in [-0.4, -0.2) is 9.55 Å². The van der Waals surface area contributed by atoms with Gasteiger partial charge in [0.15, 0.2) is 0 Å². The third-order valence-electron chi connectivity index (χ3n) is 1.94.